The summed E-state index contributed by atoms with van der Waals surface area (Å²) in [5.74, 6) is 0.629. The molecule has 2 fully saturated rings. The van der Waals surface area contributed by atoms with E-state index >= 15 is 0 Å². The highest BCUT2D eigenvalue weighted by molar-refractivity contribution is 6.03. The van der Waals surface area contributed by atoms with Crippen molar-refractivity contribution in [1.82, 2.24) is 14.6 Å². The zero-order valence-electron chi connectivity index (χ0n) is 27.3. The van der Waals surface area contributed by atoms with Crippen LogP contribution >= 0.6 is 0 Å². The van der Waals surface area contributed by atoms with E-state index in [2.05, 4.69) is 5.32 Å². The van der Waals surface area contributed by atoms with Gasteiger partial charge in [0.2, 0.25) is 5.91 Å². The van der Waals surface area contributed by atoms with Crippen molar-refractivity contribution in [3.05, 3.63) is 88.7 Å². The van der Waals surface area contributed by atoms with Gasteiger partial charge < -0.3 is 30.4 Å². The molecule has 3 amide bonds. The number of anilines is 2. The van der Waals surface area contributed by atoms with Crippen molar-refractivity contribution >= 4 is 34.2 Å². The molecule has 3 N–H and O–H groups in total. The number of nitrogens with one attached hydrogen (secondary N) is 1. The number of amides is 3. The topological polar surface area (TPSA) is 135 Å². The van der Waals surface area contributed by atoms with Crippen molar-refractivity contribution in [2.24, 2.45) is 11.7 Å². The van der Waals surface area contributed by atoms with E-state index < -0.39 is 17.9 Å². The third-order valence-electron chi connectivity index (χ3n) is 9.24. The smallest absolute Gasteiger partial charge is 0.327 e. The summed E-state index contributed by atoms with van der Waals surface area (Å²) < 4.78 is 26.3. The average molecular weight is 660 g/mol. The maximum Gasteiger partial charge on any atom is 0.327 e. The first kappa shape index (κ1) is 32.8. The third kappa shape index (κ3) is 6.37. The number of nitrogens with two attached hydrogens (primary N) is 1. The molecule has 4 aromatic rings. The van der Waals surface area contributed by atoms with Crippen LogP contribution in [0.3, 0.4) is 0 Å². The van der Waals surface area contributed by atoms with Crippen LogP contribution in [0, 0.1) is 11.7 Å². The Labute approximate surface area is 279 Å². The van der Waals surface area contributed by atoms with Crippen LogP contribution in [0.2, 0.25) is 0 Å². The molecule has 12 nitrogen and oxygen atoms in total. The number of halogens is 1. The van der Waals surface area contributed by atoms with Gasteiger partial charge in [0.05, 0.1) is 55.9 Å². The van der Waals surface area contributed by atoms with Crippen LogP contribution in [0.1, 0.15) is 39.5 Å². The second kappa shape index (κ2) is 13.9. The van der Waals surface area contributed by atoms with Crippen LogP contribution in [0.15, 0.2) is 71.5 Å². The minimum absolute atomic E-state index is 0. The first-order chi connectivity index (χ1) is 23.2. The minimum atomic E-state index is -0.832. The SMILES string of the molecule is COc1ccc(N(C(=O)Nc2ccc(F)cc2)C(C)c2nc3ccccc3c(=O)n2N2CCN(C(=O)C3CCCC3N)CC2)c(OC)c1.[HH]. The monoisotopic (exact) mass is 659 g/mol. The van der Waals surface area contributed by atoms with Crippen LogP contribution < -0.4 is 36.0 Å². The molecular weight excluding hydrogens is 617 g/mol. The number of aromatic nitrogens is 2. The highest BCUT2D eigenvalue weighted by Crippen LogP contribution is 2.37. The number of para-hydroxylation sites is 1. The molecule has 1 aliphatic heterocycles. The lowest BCUT2D eigenvalue weighted by Gasteiger charge is -2.40. The predicted molar refractivity (Wildman–Crippen MR) is 184 cm³/mol. The highest BCUT2D eigenvalue weighted by atomic mass is 19.1. The summed E-state index contributed by atoms with van der Waals surface area (Å²) in [7, 11) is 3.02. The van der Waals surface area contributed by atoms with E-state index in [1.54, 1.807) is 49.4 Å². The van der Waals surface area contributed by atoms with Crippen LogP contribution in [0.4, 0.5) is 20.6 Å². The molecule has 0 bridgehead atoms. The zero-order chi connectivity index (χ0) is 33.9. The van der Waals surface area contributed by atoms with Gasteiger partial charge in [-0.25, -0.2) is 18.8 Å². The predicted octanol–water partition coefficient (Wildman–Crippen LogP) is 4.51. The summed E-state index contributed by atoms with van der Waals surface area (Å²) in [5, 5.41) is 5.15. The molecule has 6 rings (SSSR count). The molecule has 1 saturated carbocycles. The largest absolute Gasteiger partial charge is 0.497 e. The highest BCUT2D eigenvalue weighted by Gasteiger charge is 2.36. The number of hydrogen-bond acceptors (Lipinski definition) is 8. The standard InChI is InChI=1S/C35H40FN7O5.H2/c1-22(42(30-16-15-25(47-2)21-31(30)48-3)35(46)38-24-13-11-23(36)12-14-24)32-39-29-10-5-4-7-27(29)34(45)43(32)41-19-17-40(18-20-41)33(44)26-8-6-9-28(26)37;/h4-5,7,10-16,21-22,26,28H,6,8-9,17-20,37H2,1-3H3,(H,38,46);1H. The van der Waals surface area contributed by atoms with Crippen LogP contribution in [-0.4, -0.2) is 72.9 Å². The van der Waals surface area contributed by atoms with Crippen molar-refractivity contribution < 1.29 is 24.9 Å². The molecule has 48 heavy (non-hydrogen) atoms. The third-order valence-corrected chi connectivity index (χ3v) is 9.24. The average Bonchev–Trinajstić information content (AvgIpc) is 3.54. The van der Waals surface area contributed by atoms with Gasteiger partial charge in [-0.15, -0.1) is 0 Å². The van der Waals surface area contributed by atoms with Crippen LogP contribution in [0.25, 0.3) is 10.9 Å². The summed E-state index contributed by atoms with van der Waals surface area (Å²) in [6.07, 6.45) is 2.59. The molecule has 0 radical (unpaired) electrons. The van der Waals surface area contributed by atoms with Gasteiger partial charge in [-0.05, 0) is 68.3 Å². The number of methoxy groups -OCH3 is 2. The summed E-state index contributed by atoms with van der Waals surface area (Å²) in [5.41, 5.74) is 7.19. The molecule has 3 unspecified atom stereocenters. The number of fused-ring (bicyclic) bond motifs is 1. The molecule has 3 atom stereocenters. The quantitative estimate of drug-likeness (QED) is 0.282. The fourth-order valence-electron chi connectivity index (χ4n) is 6.64. The Kier molecular flexibility index (Phi) is 9.49. The van der Waals surface area contributed by atoms with Gasteiger partial charge in [-0.1, -0.05) is 18.6 Å². The molecule has 2 aliphatic rings. The lowest BCUT2D eigenvalue weighted by molar-refractivity contribution is -0.136. The van der Waals surface area contributed by atoms with Crippen molar-refractivity contribution in [1.29, 1.82) is 0 Å². The van der Waals surface area contributed by atoms with E-state index in [4.69, 9.17) is 20.2 Å². The van der Waals surface area contributed by atoms with Gasteiger partial charge in [0, 0.05) is 32.3 Å². The molecule has 13 heteroatoms. The van der Waals surface area contributed by atoms with Crippen molar-refractivity contribution in [2.45, 2.75) is 38.3 Å². The first-order valence-corrected chi connectivity index (χ1v) is 16.1. The number of urea groups is 1. The van der Waals surface area contributed by atoms with Gasteiger partial charge in [0.1, 0.15) is 17.3 Å². The molecule has 3 aromatic carbocycles. The van der Waals surface area contributed by atoms with Gasteiger partial charge >= 0.3 is 6.03 Å². The van der Waals surface area contributed by atoms with E-state index in [0.29, 0.717) is 65.8 Å². The Morgan fingerprint density at radius 3 is 2.42 bits per heavy atom. The Morgan fingerprint density at radius 1 is 1.02 bits per heavy atom. The minimum Gasteiger partial charge on any atom is -0.497 e. The number of benzene rings is 3. The molecule has 1 aliphatic carbocycles. The fourth-order valence-corrected chi connectivity index (χ4v) is 6.64. The van der Waals surface area contributed by atoms with Crippen LogP contribution in [0.5, 0.6) is 11.5 Å². The van der Waals surface area contributed by atoms with E-state index in [9.17, 15) is 18.8 Å². The zero-order valence-corrected chi connectivity index (χ0v) is 27.3. The summed E-state index contributed by atoms with van der Waals surface area (Å²) in [6, 6.07) is 16.0. The van der Waals surface area contributed by atoms with Crippen molar-refractivity contribution in [3.8, 4) is 11.5 Å². The number of rotatable bonds is 8. The van der Waals surface area contributed by atoms with E-state index in [-0.39, 0.29) is 24.9 Å². The van der Waals surface area contributed by atoms with E-state index in [1.165, 1.54) is 48.1 Å². The number of carbonyl (C=O) groups excluding carboxylic acids is 2. The maximum atomic E-state index is 14.3. The van der Waals surface area contributed by atoms with E-state index in [1.807, 2.05) is 9.91 Å². The number of ether oxygens (including phenoxy) is 2. The molecule has 254 valence electrons. The summed E-state index contributed by atoms with van der Waals surface area (Å²) >= 11 is 0. The van der Waals surface area contributed by atoms with Gasteiger partial charge in [-0.2, -0.15) is 0 Å². The Balaban J connectivity index is 0.00000468. The molecule has 1 saturated heterocycles. The Hall–Kier alpha value is -5.17. The second-order valence-corrected chi connectivity index (χ2v) is 12.1. The summed E-state index contributed by atoms with van der Waals surface area (Å²) in [6.45, 7) is 3.36. The number of nitrogens with zero attached hydrogens (tertiary/aromatic N) is 5. The normalized spacial score (nSPS) is 18.4. The molecule has 1 aromatic heterocycles. The summed E-state index contributed by atoms with van der Waals surface area (Å²) in [4.78, 5) is 50.0. The molecule has 0 spiro atoms. The van der Waals surface area contributed by atoms with Gasteiger partial charge in [-0.3, -0.25) is 14.5 Å². The van der Waals surface area contributed by atoms with Crippen molar-refractivity contribution in [2.75, 3.05) is 55.6 Å². The van der Waals surface area contributed by atoms with Gasteiger partial charge in [0.25, 0.3) is 5.56 Å². The van der Waals surface area contributed by atoms with Gasteiger partial charge in [0.15, 0.2) is 5.82 Å². The van der Waals surface area contributed by atoms with E-state index in [0.717, 1.165) is 19.3 Å². The fraction of sp³-hybridized carbons (Fsp3) is 0.371. The lowest BCUT2D eigenvalue weighted by Crippen LogP contribution is -2.58. The Bertz CT molecular complexity index is 1870. The second-order valence-electron chi connectivity index (χ2n) is 12.1. The molecular formula is C35H42FN7O5. The van der Waals surface area contributed by atoms with Crippen LogP contribution in [-0.2, 0) is 4.79 Å². The maximum absolute atomic E-state index is 14.3. The molecule has 2 heterocycles. The Morgan fingerprint density at radius 2 is 1.75 bits per heavy atom. The number of hydrogen-bond donors (Lipinski definition) is 2. The first-order valence-electron chi connectivity index (χ1n) is 16.1. The number of piperazine rings is 1. The number of carbonyl (C=O) groups is 2. The van der Waals surface area contributed by atoms with Crippen molar-refractivity contribution in [3.63, 3.8) is 0 Å². The lowest BCUT2D eigenvalue weighted by atomic mass is 10.0.